The maximum absolute atomic E-state index is 13.2. The van der Waals surface area contributed by atoms with Crippen molar-refractivity contribution in [1.29, 1.82) is 0 Å². The predicted octanol–water partition coefficient (Wildman–Crippen LogP) is 3.67. The molecule has 6 nitrogen and oxygen atoms in total. The van der Waals surface area contributed by atoms with Crippen molar-refractivity contribution < 1.29 is 9.53 Å². The van der Waals surface area contributed by atoms with Gasteiger partial charge in [-0.15, -0.1) is 0 Å². The van der Waals surface area contributed by atoms with E-state index in [0.29, 0.717) is 6.54 Å². The number of likely N-dealkylation sites (N-methyl/N-ethyl adjacent to an activating group) is 1. The van der Waals surface area contributed by atoms with Crippen LogP contribution in [-0.4, -0.2) is 87.0 Å². The standard InChI is InChI=1S/C29H40N4O2/c1-30-16-18-33(19-17-30)27-10-11-29(35-2)25-12-15-32(21-26(25)27)22-28(34)24-8-6-23(7-9-24)20-31-13-4-3-5-14-31/h6-11H,3-5,12-22H2,1-2H3. The zero-order valence-corrected chi connectivity index (χ0v) is 21.5. The fourth-order valence-electron chi connectivity index (χ4n) is 5.82. The number of carbonyl (C=O) groups excluding carboxylic acids is 1. The first-order valence-electron chi connectivity index (χ1n) is 13.3. The van der Waals surface area contributed by atoms with Crippen molar-refractivity contribution in [2.45, 2.75) is 38.8 Å². The van der Waals surface area contributed by atoms with Gasteiger partial charge in [0.05, 0.1) is 13.7 Å². The minimum absolute atomic E-state index is 0.210. The van der Waals surface area contributed by atoms with Gasteiger partial charge >= 0.3 is 0 Å². The molecule has 0 unspecified atom stereocenters. The van der Waals surface area contributed by atoms with E-state index in [2.05, 4.69) is 50.9 Å². The lowest BCUT2D eigenvalue weighted by Gasteiger charge is -2.38. The van der Waals surface area contributed by atoms with Crippen LogP contribution < -0.4 is 9.64 Å². The SMILES string of the molecule is COc1ccc(N2CCN(C)CC2)c2c1CCN(CC(=O)c1ccc(CN3CCCCC3)cc1)C2. The molecule has 5 rings (SSSR count). The van der Waals surface area contributed by atoms with E-state index in [1.807, 2.05) is 12.1 Å². The molecule has 0 spiro atoms. The third-order valence-electron chi connectivity index (χ3n) is 7.99. The molecule has 0 saturated carbocycles. The highest BCUT2D eigenvalue weighted by Gasteiger charge is 2.27. The summed E-state index contributed by atoms with van der Waals surface area (Å²) in [4.78, 5) is 22.9. The fourth-order valence-corrected chi connectivity index (χ4v) is 5.82. The van der Waals surface area contributed by atoms with Crippen molar-refractivity contribution in [1.82, 2.24) is 14.7 Å². The van der Waals surface area contributed by atoms with E-state index in [4.69, 9.17) is 4.74 Å². The number of hydrogen-bond acceptors (Lipinski definition) is 6. The molecule has 6 heteroatoms. The summed E-state index contributed by atoms with van der Waals surface area (Å²) in [6.07, 6.45) is 4.88. The Bertz CT molecular complexity index is 1010. The van der Waals surface area contributed by atoms with Gasteiger partial charge in [-0.05, 0) is 62.7 Å². The zero-order chi connectivity index (χ0) is 24.2. The van der Waals surface area contributed by atoms with Gasteiger partial charge in [0.15, 0.2) is 5.78 Å². The monoisotopic (exact) mass is 476 g/mol. The molecule has 35 heavy (non-hydrogen) atoms. The van der Waals surface area contributed by atoms with Crippen molar-refractivity contribution in [2.75, 3.05) is 71.4 Å². The van der Waals surface area contributed by atoms with Crippen molar-refractivity contribution in [3.63, 3.8) is 0 Å². The molecule has 0 atom stereocenters. The van der Waals surface area contributed by atoms with Crippen LogP contribution in [0.1, 0.15) is 46.3 Å². The highest BCUT2D eigenvalue weighted by molar-refractivity contribution is 5.97. The molecule has 3 aliphatic heterocycles. The Hall–Kier alpha value is -2.41. The molecule has 0 N–H and O–H groups in total. The second kappa shape index (κ2) is 11.1. The number of piperazine rings is 1. The van der Waals surface area contributed by atoms with Crippen LogP contribution in [-0.2, 0) is 19.5 Å². The van der Waals surface area contributed by atoms with E-state index in [1.165, 1.54) is 54.7 Å². The van der Waals surface area contributed by atoms with Gasteiger partial charge in [0.1, 0.15) is 5.75 Å². The smallest absolute Gasteiger partial charge is 0.176 e. The number of fused-ring (bicyclic) bond motifs is 1. The molecule has 0 radical (unpaired) electrons. The third kappa shape index (κ3) is 5.71. The number of anilines is 1. The van der Waals surface area contributed by atoms with Crippen LogP contribution in [0, 0.1) is 0 Å². The molecule has 188 valence electrons. The van der Waals surface area contributed by atoms with E-state index >= 15 is 0 Å². The van der Waals surface area contributed by atoms with Gasteiger partial charge in [-0.25, -0.2) is 0 Å². The Balaban J connectivity index is 1.25. The molecule has 3 aliphatic rings. The number of ketones is 1. The van der Waals surface area contributed by atoms with Crippen molar-refractivity contribution in [3.05, 3.63) is 58.7 Å². The van der Waals surface area contributed by atoms with Crippen LogP contribution in [0.15, 0.2) is 36.4 Å². The Morgan fingerprint density at radius 1 is 0.829 bits per heavy atom. The molecule has 0 bridgehead atoms. The maximum atomic E-state index is 13.2. The topological polar surface area (TPSA) is 39.3 Å². The molecular formula is C29H40N4O2. The lowest BCUT2D eigenvalue weighted by atomic mass is 9.95. The molecule has 0 aliphatic carbocycles. The maximum Gasteiger partial charge on any atom is 0.176 e. The van der Waals surface area contributed by atoms with E-state index in [9.17, 15) is 4.79 Å². The number of methoxy groups -OCH3 is 1. The molecule has 2 aromatic rings. The number of rotatable bonds is 7. The number of nitrogens with zero attached hydrogens (tertiary/aromatic N) is 4. The summed E-state index contributed by atoms with van der Waals surface area (Å²) in [6.45, 7) is 9.76. The predicted molar refractivity (Wildman–Crippen MR) is 142 cm³/mol. The first-order valence-corrected chi connectivity index (χ1v) is 13.3. The average molecular weight is 477 g/mol. The number of benzene rings is 2. The van der Waals surface area contributed by atoms with Gasteiger partial charge in [0, 0.05) is 62.6 Å². The highest BCUT2D eigenvalue weighted by atomic mass is 16.5. The van der Waals surface area contributed by atoms with Crippen LogP contribution in [0.3, 0.4) is 0 Å². The second-order valence-electron chi connectivity index (χ2n) is 10.5. The van der Waals surface area contributed by atoms with E-state index < -0.39 is 0 Å². The first-order chi connectivity index (χ1) is 17.1. The Morgan fingerprint density at radius 3 is 2.29 bits per heavy atom. The molecule has 2 saturated heterocycles. The highest BCUT2D eigenvalue weighted by Crippen LogP contribution is 2.36. The normalized spacial score (nSPS) is 20.0. The van der Waals surface area contributed by atoms with Gasteiger partial charge in [-0.2, -0.15) is 0 Å². The molecule has 0 amide bonds. The second-order valence-corrected chi connectivity index (χ2v) is 10.5. The molecule has 2 aromatic carbocycles. The van der Waals surface area contributed by atoms with Gasteiger partial charge in [-0.1, -0.05) is 30.7 Å². The molecule has 0 aromatic heterocycles. The summed E-state index contributed by atoms with van der Waals surface area (Å²) in [5.74, 6) is 1.19. The van der Waals surface area contributed by atoms with Gasteiger partial charge in [0.2, 0.25) is 0 Å². The summed E-state index contributed by atoms with van der Waals surface area (Å²) in [5.41, 5.74) is 6.09. The van der Waals surface area contributed by atoms with Crippen LogP contribution in [0.4, 0.5) is 5.69 Å². The van der Waals surface area contributed by atoms with Crippen LogP contribution in [0.5, 0.6) is 5.75 Å². The van der Waals surface area contributed by atoms with E-state index in [1.54, 1.807) is 7.11 Å². The zero-order valence-electron chi connectivity index (χ0n) is 21.5. The number of Topliss-reactive ketones (excluding diaryl/α,β-unsaturated/α-hetero) is 1. The fraction of sp³-hybridized carbons (Fsp3) is 0.552. The summed E-state index contributed by atoms with van der Waals surface area (Å²) < 4.78 is 5.71. The number of ether oxygens (including phenoxy) is 1. The summed E-state index contributed by atoms with van der Waals surface area (Å²) in [6, 6.07) is 12.7. The molecule has 3 heterocycles. The Morgan fingerprint density at radius 2 is 1.57 bits per heavy atom. The quantitative estimate of drug-likeness (QED) is 0.568. The molecular weight excluding hydrogens is 436 g/mol. The lowest BCUT2D eigenvalue weighted by molar-refractivity contribution is 0.0921. The van der Waals surface area contributed by atoms with Crippen LogP contribution in [0.2, 0.25) is 0 Å². The Kier molecular flexibility index (Phi) is 7.71. The summed E-state index contributed by atoms with van der Waals surface area (Å²) >= 11 is 0. The summed E-state index contributed by atoms with van der Waals surface area (Å²) in [7, 11) is 3.95. The van der Waals surface area contributed by atoms with Crippen LogP contribution >= 0.6 is 0 Å². The largest absolute Gasteiger partial charge is 0.496 e. The van der Waals surface area contributed by atoms with Crippen LogP contribution in [0.25, 0.3) is 0 Å². The minimum Gasteiger partial charge on any atom is -0.496 e. The van der Waals surface area contributed by atoms with Crippen molar-refractivity contribution >= 4 is 11.5 Å². The lowest BCUT2D eigenvalue weighted by Crippen LogP contribution is -2.45. The van der Waals surface area contributed by atoms with Crippen molar-refractivity contribution in [3.8, 4) is 5.75 Å². The number of likely N-dealkylation sites (tertiary alicyclic amines) is 1. The third-order valence-corrected chi connectivity index (χ3v) is 7.99. The molecule has 2 fully saturated rings. The first kappa shape index (κ1) is 24.3. The van der Waals surface area contributed by atoms with Gasteiger partial charge in [-0.3, -0.25) is 14.6 Å². The summed E-state index contributed by atoms with van der Waals surface area (Å²) in [5, 5.41) is 0. The van der Waals surface area contributed by atoms with Gasteiger partial charge < -0.3 is 14.5 Å². The minimum atomic E-state index is 0.210. The van der Waals surface area contributed by atoms with E-state index in [-0.39, 0.29) is 5.78 Å². The van der Waals surface area contributed by atoms with Gasteiger partial charge in [0.25, 0.3) is 0 Å². The number of carbonyl (C=O) groups is 1. The number of piperidine rings is 1. The van der Waals surface area contributed by atoms with E-state index in [0.717, 1.165) is 63.5 Å². The Labute approximate surface area is 210 Å². The average Bonchev–Trinajstić information content (AvgIpc) is 2.89. The number of hydrogen-bond donors (Lipinski definition) is 0. The van der Waals surface area contributed by atoms with Crippen molar-refractivity contribution in [2.24, 2.45) is 0 Å².